The number of carboxylic acids is 1. The first-order chi connectivity index (χ1) is 7.18. The molecule has 2 aromatic rings. The van der Waals surface area contributed by atoms with Gasteiger partial charge in [0.1, 0.15) is 5.82 Å². The predicted molar refractivity (Wildman–Crippen MR) is 53.4 cm³/mol. The fraction of sp³-hybridized carbons (Fsp3) is 0.100. The second-order valence-electron chi connectivity index (χ2n) is 3.10. The lowest BCUT2D eigenvalue weighted by molar-refractivity contribution is 0.0691. The molecule has 2 aromatic heterocycles. The molecule has 0 aliphatic heterocycles. The number of pyridine rings is 1. The summed E-state index contributed by atoms with van der Waals surface area (Å²) in [5, 5.41) is 8.78. The minimum absolute atomic E-state index is 0.0457. The Morgan fingerprint density at radius 1 is 1.40 bits per heavy atom. The van der Waals surface area contributed by atoms with Crippen LogP contribution in [0.25, 0.3) is 11.4 Å². The van der Waals surface area contributed by atoms with Crippen LogP contribution in [0.5, 0.6) is 0 Å². The van der Waals surface area contributed by atoms with Crippen LogP contribution >= 0.6 is 0 Å². The first-order valence-electron chi connectivity index (χ1n) is 4.35. The Kier molecular flexibility index (Phi) is 2.21. The standard InChI is InChI=1S/C10H9N3O2/c1-13-6-8(10(14)15)12-9(13)7-2-4-11-5-3-7/h2-6H,1H3,(H,14,15). The van der Waals surface area contributed by atoms with E-state index >= 15 is 0 Å². The second kappa shape index (κ2) is 3.53. The van der Waals surface area contributed by atoms with Crippen LogP contribution in [0, 0.1) is 0 Å². The maximum absolute atomic E-state index is 10.7. The molecule has 0 saturated heterocycles. The van der Waals surface area contributed by atoms with Crippen LogP contribution in [0.2, 0.25) is 0 Å². The normalized spacial score (nSPS) is 10.2. The summed E-state index contributed by atoms with van der Waals surface area (Å²) in [4.78, 5) is 18.6. The van der Waals surface area contributed by atoms with E-state index in [4.69, 9.17) is 5.11 Å². The topological polar surface area (TPSA) is 68.0 Å². The molecule has 0 radical (unpaired) electrons. The quantitative estimate of drug-likeness (QED) is 0.795. The monoisotopic (exact) mass is 203 g/mol. The summed E-state index contributed by atoms with van der Waals surface area (Å²) in [6.07, 6.45) is 4.77. The Hall–Kier alpha value is -2.17. The molecule has 1 N–H and O–H groups in total. The smallest absolute Gasteiger partial charge is 0.356 e. The van der Waals surface area contributed by atoms with Crippen molar-refractivity contribution < 1.29 is 9.90 Å². The molecule has 0 aliphatic rings. The minimum atomic E-state index is -1.02. The van der Waals surface area contributed by atoms with E-state index in [0.29, 0.717) is 5.82 Å². The van der Waals surface area contributed by atoms with Crippen LogP contribution in [-0.2, 0) is 7.05 Å². The van der Waals surface area contributed by atoms with E-state index in [2.05, 4.69) is 9.97 Å². The average molecular weight is 203 g/mol. The molecule has 0 aromatic carbocycles. The molecule has 0 spiro atoms. The van der Waals surface area contributed by atoms with E-state index in [-0.39, 0.29) is 5.69 Å². The van der Waals surface area contributed by atoms with Gasteiger partial charge in [0, 0.05) is 31.2 Å². The van der Waals surface area contributed by atoms with E-state index in [9.17, 15) is 4.79 Å². The lowest BCUT2D eigenvalue weighted by Crippen LogP contribution is -1.95. The van der Waals surface area contributed by atoms with Gasteiger partial charge in [0.05, 0.1) is 0 Å². The van der Waals surface area contributed by atoms with Gasteiger partial charge in [-0.1, -0.05) is 0 Å². The molecule has 0 atom stereocenters. The van der Waals surface area contributed by atoms with Crippen molar-refractivity contribution in [2.75, 3.05) is 0 Å². The molecular weight excluding hydrogens is 194 g/mol. The van der Waals surface area contributed by atoms with Crippen LogP contribution in [-0.4, -0.2) is 25.6 Å². The van der Waals surface area contributed by atoms with Crippen LogP contribution in [0.3, 0.4) is 0 Å². The number of hydrogen-bond donors (Lipinski definition) is 1. The van der Waals surface area contributed by atoms with Gasteiger partial charge in [-0.2, -0.15) is 0 Å². The summed E-state index contributed by atoms with van der Waals surface area (Å²) in [5.41, 5.74) is 0.893. The highest BCUT2D eigenvalue weighted by Gasteiger charge is 2.11. The van der Waals surface area contributed by atoms with Crippen molar-refractivity contribution >= 4 is 5.97 Å². The van der Waals surface area contributed by atoms with Gasteiger partial charge < -0.3 is 9.67 Å². The lowest BCUT2D eigenvalue weighted by atomic mass is 10.2. The van der Waals surface area contributed by atoms with Crippen molar-refractivity contribution in [1.29, 1.82) is 0 Å². The van der Waals surface area contributed by atoms with E-state index in [1.54, 1.807) is 36.1 Å². The number of hydrogen-bond acceptors (Lipinski definition) is 3. The average Bonchev–Trinajstić information content (AvgIpc) is 2.62. The van der Waals surface area contributed by atoms with Gasteiger partial charge in [0.25, 0.3) is 0 Å². The molecule has 0 amide bonds. The van der Waals surface area contributed by atoms with Crippen molar-refractivity contribution in [2.45, 2.75) is 0 Å². The third-order valence-electron chi connectivity index (χ3n) is 2.03. The number of rotatable bonds is 2. The first-order valence-corrected chi connectivity index (χ1v) is 4.35. The van der Waals surface area contributed by atoms with Gasteiger partial charge >= 0.3 is 5.97 Å². The van der Waals surface area contributed by atoms with Crippen molar-refractivity contribution in [3.05, 3.63) is 36.4 Å². The first kappa shape index (κ1) is 9.39. The van der Waals surface area contributed by atoms with Crippen LogP contribution in [0.15, 0.2) is 30.7 Å². The van der Waals surface area contributed by atoms with E-state index in [1.165, 1.54) is 6.20 Å². The number of carbonyl (C=O) groups is 1. The molecule has 0 fully saturated rings. The fourth-order valence-corrected chi connectivity index (χ4v) is 1.34. The van der Waals surface area contributed by atoms with Crippen LogP contribution in [0.1, 0.15) is 10.5 Å². The summed E-state index contributed by atoms with van der Waals surface area (Å²) in [6, 6.07) is 3.57. The zero-order chi connectivity index (χ0) is 10.8. The minimum Gasteiger partial charge on any atom is -0.476 e. The molecule has 0 saturated carbocycles. The van der Waals surface area contributed by atoms with E-state index in [0.717, 1.165) is 5.56 Å². The van der Waals surface area contributed by atoms with E-state index in [1.807, 2.05) is 0 Å². The van der Waals surface area contributed by atoms with Crippen LogP contribution < -0.4 is 0 Å². The number of aryl methyl sites for hydroxylation is 1. The van der Waals surface area contributed by atoms with Crippen molar-refractivity contribution in [2.24, 2.45) is 7.05 Å². The van der Waals surface area contributed by atoms with Gasteiger partial charge in [0.2, 0.25) is 0 Å². The Bertz CT molecular complexity index is 491. The summed E-state index contributed by atoms with van der Waals surface area (Å²) < 4.78 is 1.68. The molecule has 2 rings (SSSR count). The van der Waals surface area contributed by atoms with E-state index < -0.39 is 5.97 Å². The highest BCUT2D eigenvalue weighted by molar-refractivity contribution is 5.86. The number of imidazole rings is 1. The molecule has 76 valence electrons. The molecular formula is C10H9N3O2. The van der Waals surface area contributed by atoms with Gasteiger partial charge in [-0.3, -0.25) is 4.98 Å². The summed E-state index contributed by atoms with van der Waals surface area (Å²) in [7, 11) is 1.76. The summed E-state index contributed by atoms with van der Waals surface area (Å²) >= 11 is 0. The van der Waals surface area contributed by atoms with Crippen LogP contribution in [0.4, 0.5) is 0 Å². The Morgan fingerprint density at radius 3 is 2.60 bits per heavy atom. The third-order valence-corrected chi connectivity index (χ3v) is 2.03. The highest BCUT2D eigenvalue weighted by Crippen LogP contribution is 2.16. The molecule has 0 unspecified atom stereocenters. The van der Waals surface area contributed by atoms with Gasteiger partial charge in [-0.25, -0.2) is 9.78 Å². The summed E-state index contributed by atoms with van der Waals surface area (Å²) in [5.74, 6) is -0.402. The number of carboxylic acid groups (broad SMARTS) is 1. The number of nitrogens with zero attached hydrogens (tertiary/aromatic N) is 3. The largest absolute Gasteiger partial charge is 0.476 e. The number of aromatic nitrogens is 3. The second-order valence-corrected chi connectivity index (χ2v) is 3.10. The Labute approximate surface area is 86.0 Å². The number of aromatic carboxylic acids is 1. The third kappa shape index (κ3) is 1.71. The Morgan fingerprint density at radius 2 is 2.07 bits per heavy atom. The molecule has 2 heterocycles. The van der Waals surface area contributed by atoms with Gasteiger partial charge in [0.15, 0.2) is 5.69 Å². The molecule has 5 nitrogen and oxygen atoms in total. The van der Waals surface area contributed by atoms with Gasteiger partial charge in [-0.15, -0.1) is 0 Å². The maximum Gasteiger partial charge on any atom is 0.356 e. The zero-order valence-corrected chi connectivity index (χ0v) is 8.08. The summed E-state index contributed by atoms with van der Waals surface area (Å²) in [6.45, 7) is 0. The maximum atomic E-state index is 10.7. The fourth-order valence-electron chi connectivity index (χ4n) is 1.34. The predicted octanol–water partition coefficient (Wildman–Crippen LogP) is 1.18. The van der Waals surface area contributed by atoms with Gasteiger partial charge in [-0.05, 0) is 12.1 Å². The lowest BCUT2D eigenvalue weighted by Gasteiger charge is -1.99. The molecule has 0 bridgehead atoms. The zero-order valence-electron chi connectivity index (χ0n) is 8.08. The molecule has 15 heavy (non-hydrogen) atoms. The Balaban J connectivity index is 2.50. The molecule has 0 aliphatic carbocycles. The highest BCUT2D eigenvalue weighted by atomic mass is 16.4. The van der Waals surface area contributed by atoms with Crippen molar-refractivity contribution in [3.63, 3.8) is 0 Å². The van der Waals surface area contributed by atoms with Crippen molar-refractivity contribution in [1.82, 2.24) is 14.5 Å². The molecule has 5 heteroatoms. The van der Waals surface area contributed by atoms with Crippen molar-refractivity contribution in [3.8, 4) is 11.4 Å². The SMILES string of the molecule is Cn1cc(C(=O)O)nc1-c1ccncc1.